The van der Waals surface area contributed by atoms with Gasteiger partial charge in [0.05, 0.1) is 12.1 Å². The summed E-state index contributed by atoms with van der Waals surface area (Å²) in [6, 6.07) is 17.7. The Morgan fingerprint density at radius 3 is 2.23 bits per heavy atom. The number of halogens is 1. The molecule has 1 aliphatic carbocycles. The zero-order chi connectivity index (χ0) is 20.9. The molecule has 1 aliphatic rings. The van der Waals surface area contributed by atoms with Crippen molar-refractivity contribution in [2.75, 3.05) is 0 Å². The molecule has 0 amide bonds. The predicted octanol–water partition coefficient (Wildman–Crippen LogP) is 5.33. The molecule has 4 rings (SSSR count). The molecular weight excluding hydrogens is 377 g/mol. The predicted molar refractivity (Wildman–Crippen MR) is 115 cm³/mol. The molecule has 0 unspecified atom stereocenters. The van der Waals surface area contributed by atoms with Gasteiger partial charge >= 0.3 is 0 Å². The van der Waals surface area contributed by atoms with Crippen LogP contribution in [-0.4, -0.2) is 25.1 Å². The van der Waals surface area contributed by atoms with Crippen molar-refractivity contribution in [3.05, 3.63) is 77.4 Å². The first-order chi connectivity index (χ1) is 14.6. The largest absolute Gasteiger partial charge is 0.285 e. The Morgan fingerprint density at radius 2 is 1.60 bits per heavy atom. The summed E-state index contributed by atoms with van der Waals surface area (Å²) < 4.78 is 15.5. The summed E-state index contributed by atoms with van der Waals surface area (Å²) >= 11 is 0. The van der Waals surface area contributed by atoms with Crippen molar-refractivity contribution < 1.29 is 4.39 Å². The van der Waals surface area contributed by atoms with E-state index in [1.54, 1.807) is 0 Å². The van der Waals surface area contributed by atoms with Crippen molar-refractivity contribution in [2.45, 2.75) is 64.7 Å². The van der Waals surface area contributed by atoms with Gasteiger partial charge in [-0.15, -0.1) is 5.10 Å². The molecule has 1 atom stereocenters. The van der Waals surface area contributed by atoms with Crippen LogP contribution in [0.5, 0.6) is 0 Å². The van der Waals surface area contributed by atoms with E-state index in [1.165, 1.54) is 30.5 Å². The van der Waals surface area contributed by atoms with Crippen LogP contribution in [0.2, 0.25) is 0 Å². The topological polar surface area (TPSA) is 46.8 Å². The van der Waals surface area contributed by atoms with Crippen molar-refractivity contribution in [1.82, 2.24) is 25.1 Å². The van der Waals surface area contributed by atoms with E-state index in [2.05, 4.69) is 63.2 Å². The maximum Gasteiger partial charge on any atom is 0.168 e. The number of nitrogens with zero attached hydrogens (tertiary/aromatic N) is 5. The van der Waals surface area contributed by atoms with E-state index in [1.807, 2.05) is 18.2 Å². The minimum atomic E-state index is -0.209. The van der Waals surface area contributed by atoms with Gasteiger partial charge in [0.1, 0.15) is 5.82 Å². The summed E-state index contributed by atoms with van der Waals surface area (Å²) in [5.41, 5.74) is 2.32. The molecule has 0 bridgehead atoms. The molecule has 3 aromatic rings. The van der Waals surface area contributed by atoms with Crippen molar-refractivity contribution in [3.63, 3.8) is 0 Å². The summed E-state index contributed by atoms with van der Waals surface area (Å²) in [6.07, 6.45) is 4.75. The van der Waals surface area contributed by atoms with Gasteiger partial charge in [-0.2, -0.15) is 0 Å². The summed E-state index contributed by atoms with van der Waals surface area (Å²) in [4.78, 5) is 2.42. The van der Waals surface area contributed by atoms with Crippen molar-refractivity contribution in [2.24, 2.45) is 5.92 Å². The lowest BCUT2D eigenvalue weighted by Gasteiger charge is -2.34. The maximum absolute atomic E-state index is 13.5. The van der Waals surface area contributed by atoms with Crippen molar-refractivity contribution >= 4 is 0 Å². The molecule has 0 radical (unpaired) electrons. The summed E-state index contributed by atoms with van der Waals surface area (Å²) in [6.45, 7) is 5.93. The highest BCUT2D eigenvalue weighted by Gasteiger charge is 2.32. The standard InChI is InChI=1S/C24H30FN5/c1-18(2)23(24-26-27-28-30(24)22-10-6-7-11-22)29(16-19-8-4-3-5-9-19)17-20-12-14-21(25)15-13-20/h3-5,8-9,12-15,18,22-23H,6-7,10-11,16-17H2,1-2H3/t23-/m0/s1. The Balaban J connectivity index is 1.68. The summed E-state index contributed by atoms with van der Waals surface area (Å²) in [7, 11) is 0. The Morgan fingerprint density at radius 1 is 0.967 bits per heavy atom. The second-order valence-corrected chi connectivity index (χ2v) is 8.63. The highest BCUT2D eigenvalue weighted by Crippen LogP contribution is 2.35. The van der Waals surface area contributed by atoms with Crippen molar-refractivity contribution in [3.8, 4) is 0 Å². The average Bonchev–Trinajstić information content (AvgIpc) is 3.42. The first-order valence-corrected chi connectivity index (χ1v) is 10.9. The maximum atomic E-state index is 13.5. The van der Waals surface area contributed by atoms with Crippen LogP contribution in [0.25, 0.3) is 0 Å². The monoisotopic (exact) mass is 407 g/mol. The normalized spacial score (nSPS) is 15.9. The zero-order valence-corrected chi connectivity index (χ0v) is 17.8. The number of tetrazole rings is 1. The highest BCUT2D eigenvalue weighted by atomic mass is 19.1. The molecule has 1 fully saturated rings. The number of aromatic nitrogens is 4. The molecule has 2 aromatic carbocycles. The fourth-order valence-electron chi connectivity index (χ4n) is 4.58. The molecular formula is C24H30FN5. The summed E-state index contributed by atoms with van der Waals surface area (Å²) in [5, 5.41) is 13.0. The molecule has 1 heterocycles. The van der Waals surface area contributed by atoms with Gasteiger partial charge in [0.2, 0.25) is 0 Å². The van der Waals surface area contributed by atoms with Gasteiger partial charge in [0, 0.05) is 13.1 Å². The highest BCUT2D eigenvalue weighted by molar-refractivity contribution is 5.19. The lowest BCUT2D eigenvalue weighted by Crippen LogP contribution is -2.34. The van der Waals surface area contributed by atoms with Gasteiger partial charge in [-0.3, -0.25) is 4.90 Å². The van der Waals surface area contributed by atoms with E-state index in [-0.39, 0.29) is 11.9 Å². The third-order valence-corrected chi connectivity index (χ3v) is 6.01. The van der Waals surface area contributed by atoms with Crippen LogP contribution < -0.4 is 0 Å². The first kappa shape index (κ1) is 20.7. The van der Waals surface area contributed by atoms with Crippen molar-refractivity contribution in [1.29, 1.82) is 0 Å². The lowest BCUT2D eigenvalue weighted by atomic mass is 9.99. The van der Waals surface area contributed by atoms with E-state index in [4.69, 9.17) is 0 Å². The van der Waals surface area contributed by atoms with Gasteiger partial charge in [-0.25, -0.2) is 9.07 Å². The van der Waals surface area contributed by atoms with Gasteiger partial charge in [-0.1, -0.05) is 69.2 Å². The quantitative estimate of drug-likeness (QED) is 0.507. The molecule has 0 spiro atoms. The van der Waals surface area contributed by atoms with E-state index in [0.29, 0.717) is 18.5 Å². The number of rotatable bonds is 8. The second kappa shape index (κ2) is 9.47. The van der Waals surface area contributed by atoms with E-state index in [9.17, 15) is 4.39 Å². The third kappa shape index (κ3) is 4.75. The minimum Gasteiger partial charge on any atom is -0.285 e. The smallest absolute Gasteiger partial charge is 0.168 e. The Hall–Kier alpha value is -2.60. The molecule has 6 heteroatoms. The molecule has 5 nitrogen and oxygen atoms in total. The van der Waals surface area contributed by atoms with Crippen LogP contribution in [0.15, 0.2) is 54.6 Å². The average molecular weight is 408 g/mol. The lowest BCUT2D eigenvalue weighted by molar-refractivity contribution is 0.124. The van der Waals surface area contributed by atoms with E-state index in [0.717, 1.165) is 30.8 Å². The summed E-state index contributed by atoms with van der Waals surface area (Å²) in [5.74, 6) is 1.05. The molecule has 0 saturated heterocycles. The minimum absolute atomic E-state index is 0.0610. The number of benzene rings is 2. The van der Waals surface area contributed by atoms with E-state index < -0.39 is 0 Å². The number of hydrogen-bond acceptors (Lipinski definition) is 4. The van der Waals surface area contributed by atoms with Crippen LogP contribution >= 0.6 is 0 Å². The molecule has 1 aromatic heterocycles. The van der Waals surface area contributed by atoms with Gasteiger partial charge in [0.15, 0.2) is 5.82 Å². The van der Waals surface area contributed by atoms with Gasteiger partial charge < -0.3 is 0 Å². The SMILES string of the molecule is CC(C)[C@@H](c1nnnn1C1CCCC1)N(Cc1ccccc1)Cc1ccc(F)cc1. The Bertz CT molecular complexity index is 916. The first-order valence-electron chi connectivity index (χ1n) is 10.9. The van der Waals surface area contributed by atoms with E-state index >= 15 is 0 Å². The van der Waals surface area contributed by atoms with Crippen LogP contribution in [0, 0.1) is 11.7 Å². The second-order valence-electron chi connectivity index (χ2n) is 8.63. The molecule has 1 saturated carbocycles. The third-order valence-electron chi connectivity index (χ3n) is 6.01. The molecule has 30 heavy (non-hydrogen) atoms. The van der Waals surface area contributed by atoms with Crippen LogP contribution in [-0.2, 0) is 13.1 Å². The fourth-order valence-corrected chi connectivity index (χ4v) is 4.58. The van der Waals surface area contributed by atoms with Gasteiger partial charge in [0.25, 0.3) is 0 Å². The Labute approximate surface area is 177 Å². The number of hydrogen-bond donors (Lipinski definition) is 0. The van der Waals surface area contributed by atoms with Crippen LogP contribution in [0.1, 0.15) is 68.6 Å². The molecule has 158 valence electrons. The Kier molecular flexibility index (Phi) is 6.53. The van der Waals surface area contributed by atoms with Crippen LogP contribution in [0.4, 0.5) is 4.39 Å². The molecule has 0 N–H and O–H groups in total. The fraction of sp³-hybridized carbons (Fsp3) is 0.458. The van der Waals surface area contributed by atoms with Crippen LogP contribution in [0.3, 0.4) is 0 Å². The zero-order valence-electron chi connectivity index (χ0n) is 17.8. The molecule has 0 aliphatic heterocycles. The van der Waals surface area contributed by atoms with Gasteiger partial charge in [-0.05, 0) is 52.4 Å².